The molecule has 0 aliphatic heterocycles. The lowest BCUT2D eigenvalue weighted by Gasteiger charge is -2.07. The van der Waals surface area contributed by atoms with Gasteiger partial charge in [0.05, 0.1) is 6.61 Å². The van der Waals surface area contributed by atoms with Crippen molar-refractivity contribution in [2.24, 2.45) is 0 Å². The summed E-state index contributed by atoms with van der Waals surface area (Å²) in [6.45, 7) is 6.17. The highest BCUT2D eigenvalue weighted by atomic mass is 32.2. The zero-order chi connectivity index (χ0) is 11.3. The fourth-order valence-electron chi connectivity index (χ4n) is 0.845. The van der Waals surface area contributed by atoms with Crippen molar-refractivity contribution in [1.29, 1.82) is 0 Å². The molecular formula is C9H14N2O2S2. The number of nitrogens with zero attached hydrogens (tertiary/aromatic N) is 2. The highest BCUT2D eigenvalue weighted by Crippen LogP contribution is 2.26. The van der Waals surface area contributed by atoms with Crippen LogP contribution in [0.15, 0.2) is 4.34 Å². The molecular weight excluding hydrogens is 232 g/mol. The summed E-state index contributed by atoms with van der Waals surface area (Å²) < 4.78 is 5.84. The first kappa shape index (κ1) is 12.4. The Bertz CT molecular complexity index is 328. The SMILES string of the molecule is CCCOC(=O)C(C)Sc1nnc(C)s1. The molecule has 0 aliphatic rings. The van der Waals surface area contributed by atoms with Gasteiger partial charge in [0.1, 0.15) is 10.3 Å². The monoisotopic (exact) mass is 246 g/mol. The molecule has 6 heteroatoms. The van der Waals surface area contributed by atoms with E-state index in [2.05, 4.69) is 10.2 Å². The van der Waals surface area contributed by atoms with E-state index in [-0.39, 0.29) is 11.2 Å². The van der Waals surface area contributed by atoms with Gasteiger partial charge >= 0.3 is 5.97 Å². The van der Waals surface area contributed by atoms with Crippen molar-refractivity contribution in [2.45, 2.75) is 36.8 Å². The van der Waals surface area contributed by atoms with Crippen molar-refractivity contribution >= 4 is 29.1 Å². The lowest BCUT2D eigenvalue weighted by molar-refractivity contribution is -0.142. The zero-order valence-electron chi connectivity index (χ0n) is 9.02. The maximum atomic E-state index is 11.4. The largest absolute Gasteiger partial charge is 0.465 e. The van der Waals surface area contributed by atoms with Crippen LogP contribution in [0.5, 0.6) is 0 Å². The summed E-state index contributed by atoms with van der Waals surface area (Å²) in [7, 11) is 0. The minimum atomic E-state index is -0.219. The number of hydrogen-bond acceptors (Lipinski definition) is 6. The van der Waals surface area contributed by atoms with Crippen LogP contribution in [0.4, 0.5) is 0 Å². The van der Waals surface area contributed by atoms with E-state index in [4.69, 9.17) is 4.74 Å². The first-order valence-electron chi connectivity index (χ1n) is 4.77. The molecule has 4 nitrogen and oxygen atoms in total. The summed E-state index contributed by atoms with van der Waals surface area (Å²) in [6.07, 6.45) is 0.848. The molecule has 0 saturated carbocycles. The van der Waals surface area contributed by atoms with Crippen LogP contribution in [0.3, 0.4) is 0 Å². The Kier molecular flexibility index (Phi) is 5.04. The van der Waals surface area contributed by atoms with Crippen molar-refractivity contribution in [3.05, 3.63) is 5.01 Å². The van der Waals surface area contributed by atoms with Crippen molar-refractivity contribution in [3.8, 4) is 0 Å². The Morgan fingerprint density at radius 2 is 2.33 bits per heavy atom. The number of carbonyl (C=O) groups is 1. The Morgan fingerprint density at radius 3 is 2.87 bits per heavy atom. The van der Waals surface area contributed by atoms with Gasteiger partial charge in [0.15, 0.2) is 4.34 Å². The van der Waals surface area contributed by atoms with Crippen LogP contribution >= 0.6 is 23.1 Å². The van der Waals surface area contributed by atoms with Crippen LogP contribution in [-0.4, -0.2) is 28.0 Å². The van der Waals surface area contributed by atoms with Gasteiger partial charge in [-0.2, -0.15) is 0 Å². The standard InChI is InChI=1S/C9H14N2O2S2/c1-4-5-13-8(12)6(2)14-9-11-10-7(3)15-9/h6H,4-5H2,1-3H3. The highest BCUT2D eigenvalue weighted by molar-refractivity contribution is 8.02. The minimum Gasteiger partial charge on any atom is -0.465 e. The summed E-state index contributed by atoms with van der Waals surface area (Å²) in [5.41, 5.74) is 0. The average molecular weight is 246 g/mol. The van der Waals surface area contributed by atoms with Crippen LogP contribution < -0.4 is 0 Å². The maximum absolute atomic E-state index is 11.4. The molecule has 0 saturated heterocycles. The van der Waals surface area contributed by atoms with Gasteiger partial charge in [-0.1, -0.05) is 30.0 Å². The summed E-state index contributed by atoms with van der Waals surface area (Å²) in [6, 6.07) is 0. The smallest absolute Gasteiger partial charge is 0.319 e. The number of ether oxygens (including phenoxy) is 1. The molecule has 0 aromatic carbocycles. The van der Waals surface area contributed by atoms with E-state index in [0.29, 0.717) is 6.61 Å². The third-order valence-corrected chi connectivity index (χ3v) is 3.57. The molecule has 0 N–H and O–H groups in total. The van der Waals surface area contributed by atoms with Crippen LogP contribution in [-0.2, 0) is 9.53 Å². The minimum absolute atomic E-state index is 0.185. The summed E-state index contributed by atoms with van der Waals surface area (Å²) >= 11 is 2.88. The maximum Gasteiger partial charge on any atom is 0.319 e. The number of hydrogen-bond donors (Lipinski definition) is 0. The van der Waals surface area contributed by atoms with Gasteiger partial charge in [-0.3, -0.25) is 4.79 Å². The van der Waals surface area contributed by atoms with Crippen molar-refractivity contribution in [1.82, 2.24) is 10.2 Å². The van der Waals surface area contributed by atoms with Gasteiger partial charge in [-0.25, -0.2) is 0 Å². The van der Waals surface area contributed by atoms with E-state index in [1.54, 1.807) is 0 Å². The number of thioether (sulfide) groups is 1. The highest BCUT2D eigenvalue weighted by Gasteiger charge is 2.17. The quantitative estimate of drug-likeness (QED) is 0.589. The molecule has 0 spiro atoms. The van der Waals surface area contributed by atoms with E-state index >= 15 is 0 Å². The van der Waals surface area contributed by atoms with Gasteiger partial charge in [0.25, 0.3) is 0 Å². The summed E-state index contributed by atoms with van der Waals surface area (Å²) in [5, 5.41) is 8.52. The number of carbonyl (C=O) groups excluding carboxylic acids is 1. The predicted octanol–water partition coefficient (Wildman–Crippen LogP) is 2.28. The fraction of sp³-hybridized carbons (Fsp3) is 0.667. The lowest BCUT2D eigenvalue weighted by atomic mass is 10.5. The van der Waals surface area contributed by atoms with Crippen LogP contribution in [0.2, 0.25) is 0 Å². The number of aryl methyl sites for hydroxylation is 1. The predicted molar refractivity (Wildman–Crippen MR) is 61.2 cm³/mol. The Hall–Kier alpha value is -0.620. The molecule has 0 aliphatic carbocycles. The molecule has 0 bridgehead atoms. The topological polar surface area (TPSA) is 52.1 Å². The fourth-order valence-corrected chi connectivity index (χ4v) is 2.80. The van der Waals surface area contributed by atoms with Gasteiger partial charge in [0, 0.05) is 0 Å². The average Bonchev–Trinajstić information content (AvgIpc) is 2.60. The lowest BCUT2D eigenvalue weighted by Crippen LogP contribution is -2.17. The molecule has 1 unspecified atom stereocenters. The Labute approximate surface area is 97.4 Å². The Morgan fingerprint density at radius 1 is 1.60 bits per heavy atom. The van der Waals surface area contributed by atoms with E-state index in [0.717, 1.165) is 15.8 Å². The third-order valence-electron chi connectivity index (χ3n) is 1.57. The van der Waals surface area contributed by atoms with Gasteiger partial charge < -0.3 is 4.74 Å². The van der Waals surface area contributed by atoms with E-state index in [9.17, 15) is 4.79 Å². The second-order valence-corrected chi connectivity index (χ2v) is 5.78. The van der Waals surface area contributed by atoms with Gasteiger partial charge in [-0.05, 0) is 20.3 Å². The van der Waals surface area contributed by atoms with E-state index < -0.39 is 0 Å². The number of aromatic nitrogens is 2. The normalized spacial score (nSPS) is 12.5. The van der Waals surface area contributed by atoms with Crippen molar-refractivity contribution in [3.63, 3.8) is 0 Å². The summed E-state index contributed by atoms with van der Waals surface area (Å²) in [5.74, 6) is -0.185. The Balaban J connectivity index is 2.41. The molecule has 1 heterocycles. The molecule has 1 aromatic rings. The molecule has 0 radical (unpaired) electrons. The molecule has 15 heavy (non-hydrogen) atoms. The molecule has 1 atom stereocenters. The van der Waals surface area contributed by atoms with Crippen LogP contribution in [0.1, 0.15) is 25.3 Å². The first-order valence-corrected chi connectivity index (χ1v) is 6.46. The van der Waals surface area contributed by atoms with Crippen molar-refractivity contribution in [2.75, 3.05) is 6.61 Å². The third kappa shape index (κ3) is 4.17. The van der Waals surface area contributed by atoms with Crippen LogP contribution in [0, 0.1) is 6.92 Å². The molecule has 84 valence electrons. The van der Waals surface area contributed by atoms with Gasteiger partial charge in [0.2, 0.25) is 0 Å². The summed E-state index contributed by atoms with van der Waals surface area (Å²) in [4.78, 5) is 11.4. The molecule has 1 aromatic heterocycles. The second-order valence-electron chi connectivity index (χ2n) is 3.01. The van der Waals surface area contributed by atoms with E-state index in [1.165, 1.54) is 23.1 Å². The zero-order valence-corrected chi connectivity index (χ0v) is 10.7. The molecule has 0 fully saturated rings. The van der Waals surface area contributed by atoms with Gasteiger partial charge in [-0.15, -0.1) is 10.2 Å². The van der Waals surface area contributed by atoms with Crippen LogP contribution in [0.25, 0.3) is 0 Å². The number of esters is 1. The number of rotatable bonds is 5. The molecule has 1 rings (SSSR count). The molecule has 0 amide bonds. The van der Waals surface area contributed by atoms with E-state index in [1.807, 2.05) is 20.8 Å². The second kappa shape index (κ2) is 6.07. The van der Waals surface area contributed by atoms with Crippen molar-refractivity contribution < 1.29 is 9.53 Å². The first-order chi connectivity index (χ1) is 7.13.